The first-order valence-electron chi connectivity index (χ1n) is 10.4. The molecule has 0 bridgehead atoms. The van der Waals surface area contributed by atoms with Gasteiger partial charge in [0.1, 0.15) is 5.82 Å². The number of ether oxygens (including phenoxy) is 1. The quantitative estimate of drug-likeness (QED) is 0.727. The summed E-state index contributed by atoms with van der Waals surface area (Å²) in [5.41, 5.74) is 6.08. The van der Waals surface area contributed by atoms with Crippen LogP contribution in [0.4, 0.5) is 14.9 Å². The molecule has 0 saturated carbocycles. The van der Waals surface area contributed by atoms with E-state index >= 15 is 0 Å². The minimum absolute atomic E-state index is 0.0477. The number of anilines is 1. The summed E-state index contributed by atoms with van der Waals surface area (Å²) in [5.74, 6) is -0.254. The van der Waals surface area contributed by atoms with Crippen LogP contribution in [0.1, 0.15) is 33.1 Å². The Hall–Kier alpha value is -2.81. The predicted molar refractivity (Wildman–Crippen MR) is 111 cm³/mol. The first-order chi connectivity index (χ1) is 14.5. The molecule has 3 heterocycles. The number of hydrogen-bond donors (Lipinski definition) is 2. The number of halogens is 1. The number of aromatic nitrogens is 2. The monoisotopic (exact) mass is 417 g/mol. The van der Waals surface area contributed by atoms with Crippen LogP contribution in [0.5, 0.6) is 0 Å². The van der Waals surface area contributed by atoms with Gasteiger partial charge in [-0.25, -0.2) is 14.2 Å². The molecule has 1 fully saturated rings. The molecule has 9 heteroatoms. The summed E-state index contributed by atoms with van der Waals surface area (Å²) in [4.78, 5) is 28.6. The highest BCUT2D eigenvalue weighted by molar-refractivity contribution is 5.79. The predicted octanol–water partition coefficient (Wildman–Crippen LogP) is 3.33. The molecule has 0 atom stereocenters. The van der Waals surface area contributed by atoms with Crippen molar-refractivity contribution in [2.24, 2.45) is 0 Å². The number of nitrogens with zero attached hydrogens (tertiary/aromatic N) is 3. The van der Waals surface area contributed by atoms with Gasteiger partial charge in [-0.1, -0.05) is 0 Å². The zero-order valence-corrected chi connectivity index (χ0v) is 17.4. The molecule has 162 valence electrons. The number of imidazole rings is 1. The molecule has 0 unspecified atom stereocenters. The molecule has 2 aromatic rings. The van der Waals surface area contributed by atoms with Crippen molar-refractivity contribution in [1.82, 2.24) is 20.3 Å². The molecule has 0 aliphatic carbocycles. The average molecular weight is 417 g/mol. The number of likely N-dealkylation sites (tertiary alicyclic amines) is 1. The van der Waals surface area contributed by atoms with E-state index in [2.05, 4.69) is 15.4 Å². The number of hydrogen-bond acceptors (Lipinski definition) is 6. The highest BCUT2D eigenvalue weighted by atomic mass is 19.1. The maximum Gasteiger partial charge on any atom is 0.410 e. The number of H-pyrrole nitrogens is 1. The van der Waals surface area contributed by atoms with Gasteiger partial charge < -0.3 is 19.5 Å². The van der Waals surface area contributed by atoms with Crippen LogP contribution >= 0.6 is 0 Å². The number of aromatic amines is 1. The number of nitrogens with one attached hydrogen (secondary N) is 2. The van der Waals surface area contributed by atoms with Crippen molar-refractivity contribution in [3.8, 4) is 0 Å². The summed E-state index contributed by atoms with van der Waals surface area (Å²) in [5, 5.41) is 0. The normalized spacial score (nSPS) is 18.1. The van der Waals surface area contributed by atoms with Crippen LogP contribution < -0.4 is 10.4 Å². The van der Waals surface area contributed by atoms with Crippen LogP contribution in [-0.4, -0.2) is 59.3 Å². The zero-order valence-electron chi connectivity index (χ0n) is 17.4. The number of rotatable bonds is 5. The average Bonchev–Trinajstić information content (AvgIpc) is 3.19. The van der Waals surface area contributed by atoms with Gasteiger partial charge in [0.15, 0.2) is 0 Å². The van der Waals surface area contributed by atoms with E-state index in [0.29, 0.717) is 37.4 Å². The fourth-order valence-electron chi connectivity index (χ4n) is 3.76. The number of benzene rings is 1. The second-order valence-electron chi connectivity index (χ2n) is 7.99. The number of hydroxylamine groups is 1. The standard InChI is InChI=1S/C21H28FN5O3/c1-14(2)29-21(28)27-9-5-16(6-10-27)30-25-15-3-7-26(8-4-15)20-12-19-18(11-17(20)22)23-13-24-19/h3,11-14,16,25H,4-10H2,1-2H3,(H,23,24). The van der Waals surface area contributed by atoms with Crippen molar-refractivity contribution in [2.75, 3.05) is 31.1 Å². The molecule has 1 aromatic heterocycles. The van der Waals surface area contributed by atoms with E-state index in [9.17, 15) is 9.18 Å². The van der Waals surface area contributed by atoms with E-state index < -0.39 is 0 Å². The Morgan fingerprint density at radius 3 is 2.80 bits per heavy atom. The lowest BCUT2D eigenvalue weighted by Gasteiger charge is -2.33. The van der Waals surface area contributed by atoms with Crippen molar-refractivity contribution in [2.45, 2.75) is 45.3 Å². The van der Waals surface area contributed by atoms with Crippen molar-refractivity contribution in [1.29, 1.82) is 0 Å². The molecule has 1 aromatic carbocycles. The lowest BCUT2D eigenvalue weighted by Crippen LogP contribution is -2.43. The molecule has 2 N–H and O–H groups in total. The lowest BCUT2D eigenvalue weighted by atomic mass is 10.1. The fourth-order valence-corrected chi connectivity index (χ4v) is 3.76. The molecular formula is C21H28FN5O3. The van der Waals surface area contributed by atoms with Gasteiger partial charge >= 0.3 is 6.09 Å². The van der Waals surface area contributed by atoms with Crippen molar-refractivity contribution in [3.63, 3.8) is 0 Å². The van der Waals surface area contributed by atoms with Crippen LogP contribution in [0.15, 0.2) is 30.2 Å². The van der Waals surface area contributed by atoms with E-state index in [1.807, 2.05) is 24.8 Å². The van der Waals surface area contributed by atoms with Gasteiger partial charge in [-0.2, -0.15) is 0 Å². The Labute approximate surface area is 175 Å². The minimum Gasteiger partial charge on any atom is -0.447 e. The summed E-state index contributed by atoms with van der Waals surface area (Å²) in [7, 11) is 0. The molecule has 30 heavy (non-hydrogen) atoms. The summed E-state index contributed by atoms with van der Waals surface area (Å²) in [6.45, 7) is 6.23. The van der Waals surface area contributed by atoms with Gasteiger partial charge in [-0.3, -0.25) is 10.3 Å². The molecule has 0 spiro atoms. The highest BCUT2D eigenvalue weighted by Crippen LogP contribution is 2.26. The van der Waals surface area contributed by atoms with E-state index in [1.165, 1.54) is 6.07 Å². The molecule has 4 rings (SSSR count). The molecule has 1 amide bonds. The van der Waals surface area contributed by atoms with Gasteiger partial charge in [0.25, 0.3) is 0 Å². The van der Waals surface area contributed by atoms with E-state index in [-0.39, 0.29) is 24.1 Å². The van der Waals surface area contributed by atoms with Gasteiger partial charge in [0, 0.05) is 44.4 Å². The second kappa shape index (κ2) is 8.91. The summed E-state index contributed by atoms with van der Waals surface area (Å²) >= 11 is 0. The van der Waals surface area contributed by atoms with Crippen LogP contribution in [0, 0.1) is 5.82 Å². The largest absolute Gasteiger partial charge is 0.447 e. The minimum atomic E-state index is -0.258. The van der Waals surface area contributed by atoms with Gasteiger partial charge in [0.05, 0.1) is 35.3 Å². The Kier molecular flexibility index (Phi) is 6.08. The SMILES string of the molecule is CC(C)OC(=O)N1CCC(ONC2=CCN(c3cc4nc[nH]c4cc3F)CC2)CC1. The first-order valence-corrected chi connectivity index (χ1v) is 10.4. The van der Waals surface area contributed by atoms with Gasteiger partial charge in [-0.15, -0.1) is 0 Å². The Morgan fingerprint density at radius 1 is 1.30 bits per heavy atom. The highest BCUT2D eigenvalue weighted by Gasteiger charge is 2.25. The number of piperidine rings is 1. The Morgan fingerprint density at radius 2 is 2.10 bits per heavy atom. The number of carbonyl (C=O) groups excluding carboxylic acids is 1. The third-order valence-corrected chi connectivity index (χ3v) is 5.43. The van der Waals surface area contributed by atoms with E-state index in [1.54, 1.807) is 17.3 Å². The fraction of sp³-hybridized carbons (Fsp3) is 0.524. The van der Waals surface area contributed by atoms with E-state index in [0.717, 1.165) is 30.5 Å². The smallest absolute Gasteiger partial charge is 0.410 e. The third kappa shape index (κ3) is 4.67. The third-order valence-electron chi connectivity index (χ3n) is 5.43. The lowest BCUT2D eigenvalue weighted by molar-refractivity contribution is -0.0415. The maximum atomic E-state index is 14.4. The summed E-state index contributed by atoms with van der Waals surface area (Å²) in [6.07, 6.45) is 5.52. The van der Waals surface area contributed by atoms with Gasteiger partial charge in [-0.05, 0) is 38.8 Å². The molecule has 8 nitrogen and oxygen atoms in total. The Balaban J connectivity index is 1.25. The number of amides is 1. The number of fused-ring (bicyclic) bond motifs is 1. The maximum absolute atomic E-state index is 14.4. The molecule has 0 radical (unpaired) electrons. The molecule has 2 aliphatic rings. The second-order valence-corrected chi connectivity index (χ2v) is 7.99. The van der Waals surface area contributed by atoms with Crippen molar-refractivity contribution < 1.29 is 18.8 Å². The van der Waals surface area contributed by atoms with Crippen LogP contribution in [0.3, 0.4) is 0 Å². The first kappa shape index (κ1) is 20.5. The molecule has 2 aliphatic heterocycles. The van der Waals surface area contributed by atoms with Crippen LogP contribution in [0.2, 0.25) is 0 Å². The topological polar surface area (TPSA) is 82.7 Å². The van der Waals surface area contributed by atoms with Crippen LogP contribution in [-0.2, 0) is 9.57 Å². The van der Waals surface area contributed by atoms with Crippen molar-refractivity contribution in [3.05, 3.63) is 36.1 Å². The van der Waals surface area contributed by atoms with E-state index in [4.69, 9.17) is 9.57 Å². The van der Waals surface area contributed by atoms with Gasteiger partial charge in [0.2, 0.25) is 0 Å². The van der Waals surface area contributed by atoms with Crippen molar-refractivity contribution >= 4 is 22.8 Å². The molecule has 1 saturated heterocycles. The number of carbonyl (C=O) groups is 1. The van der Waals surface area contributed by atoms with Crippen LogP contribution in [0.25, 0.3) is 11.0 Å². The zero-order chi connectivity index (χ0) is 21.1. The molecular weight excluding hydrogens is 389 g/mol. The Bertz CT molecular complexity index is 921. The summed E-state index contributed by atoms with van der Waals surface area (Å²) in [6, 6.07) is 3.27. The summed E-state index contributed by atoms with van der Waals surface area (Å²) < 4.78 is 19.7.